The Kier molecular flexibility index (Phi) is 6.65. The molecule has 4 nitrogen and oxygen atoms in total. The molecule has 0 aromatic heterocycles. The van der Waals surface area contributed by atoms with Gasteiger partial charge in [-0.2, -0.15) is 0 Å². The van der Waals surface area contributed by atoms with Crippen molar-refractivity contribution in [2.45, 2.75) is 46.1 Å². The summed E-state index contributed by atoms with van der Waals surface area (Å²) in [4.78, 5) is 14.1. The number of nitrogens with one attached hydrogen (secondary N) is 1. The van der Waals surface area contributed by atoms with Crippen LogP contribution >= 0.6 is 0 Å². The summed E-state index contributed by atoms with van der Waals surface area (Å²) in [5, 5.41) is 12.0. The van der Waals surface area contributed by atoms with Gasteiger partial charge >= 0.3 is 0 Å². The first-order chi connectivity index (χ1) is 8.52. The first-order valence-electron chi connectivity index (χ1n) is 7.15. The maximum atomic E-state index is 11.9. The van der Waals surface area contributed by atoms with Gasteiger partial charge in [0, 0.05) is 19.2 Å². The molecule has 1 rings (SSSR count). The van der Waals surface area contributed by atoms with E-state index in [9.17, 15) is 4.79 Å². The van der Waals surface area contributed by atoms with Crippen LogP contribution in [-0.2, 0) is 4.79 Å². The van der Waals surface area contributed by atoms with Crippen molar-refractivity contribution in [3.05, 3.63) is 0 Å². The van der Waals surface area contributed by atoms with E-state index in [1.54, 1.807) is 0 Å². The molecule has 0 saturated carbocycles. The summed E-state index contributed by atoms with van der Waals surface area (Å²) in [5.74, 6) is 1.15. The molecule has 4 heteroatoms. The van der Waals surface area contributed by atoms with E-state index in [0.717, 1.165) is 25.9 Å². The third-order valence-corrected chi connectivity index (χ3v) is 3.90. The number of carbonyl (C=O) groups is 1. The van der Waals surface area contributed by atoms with Gasteiger partial charge < -0.3 is 10.4 Å². The van der Waals surface area contributed by atoms with Gasteiger partial charge in [0.05, 0.1) is 6.54 Å². The normalized spacial score (nSPS) is 23.1. The standard InChI is InChI=1S/C14H28N2O2/c1-11(2)12(3)15-14(18)10-16-7-4-5-13(9-16)6-8-17/h11-13,17H,4-10H2,1-3H3,(H,15,18). The van der Waals surface area contributed by atoms with Crippen LogP contribution in [0.25, 0.3) is 0 Å². The van der Waals surface area contributed by atoms with Gasteiger partial charge in [0.25, 0.3) is 0 Å². The molecule has 0 aromatic carbocycles. The van der Waals surface area contributed by atoms with E-state index in [2.05, 4.69) is 24.1 Å². The SMILES string of the molecule is CC(C)C(C)NC(=O)CN1CCCC(CCO)C1. The lowest BCUT2D eigenvalue weighted by Crippen LogP contribution is -2.45. The van der Waals surface area contributed by atoms with Gasteiger partial charge in [-0.05, 0) is 44.6 Å². The number of likely N-dealkylation sites (tertiary alicyclic amines) is 1. The summed E-state index contributed by atoms with van der Waals surface area (Å²) >= 11 is 0. The molecule has 1 aliphatic rings. The number of carbonyl (C=O) groups excluding carboxylic acids is 1. The van der Waals surface area contributed by atoms with Crippen LogP contribution in [0.15, 0.2) is 0 Å². The van der Waals surface area contributed by atoms with Gasteiger partial charge in [0.15, 0.2) is 0 Å². The molecule has 18 heavy (non-hydrogen) atoms. The topological polar surface area (TPSA) is 52.6 Å². The van der Waals surface area contributed by atoms with E-state index in [1.807, 2.05) is 6.92 Å². The van der Waals surface area contributed by atoms with Gasteiger partial charge in [0.2, 0.25) is 5.91 Å². The Labute approximate surface area is 111 Å². The Bertz CT molecular complexity index is 254. The fraction of sp³-hybridized carbons (Fsp3) is 0.929. The molecule has 1 heterocycles. The maximum absolute atomic E-state index is 11.9. The fourth-order valence-electron chi connectivity index (χ4n) is 2.38. The minimum Gasteiger partial charge on any atom is -0.396 e. The van der Waals surface area contributed by atoms with Crippen LogP contribution < -0.4 is 5.32 Å². The number of aliphatic hydroxyl groups excluding tert-OH is 1. The van der Waals surface area contributed by atoms with Gasteiger partial charge in [-0.1, -0.05) is 13.8 Å². The quantitative estimate of drug-likeness (QED) is 0.752. The average molecular weight is 256 g/mol. The Morgan fingerprint density at radius 3 is 2.78 bits per heavy atom. The van der Waals surface area contributed by atoms with Crippen molar-refractivity contribution >= 4 is 5.91 Å². The van der Waals surface area contributed by atoms with Gasteiger partial charge in [-0.25, -0.2) is 0 Å². The predicted octanol–water partition coefficient (Wildman–Crippen LogP) is 1.24. The van der Waals surface area contributed by atoms with E-state index < -0.39 is 0 Å². The fourth-order valence-corrected chi connectivity index (χ4v) is 2.38. The van der Waals surface area contributed by atoms with Crippen molar-refractivity contribution in [2.24, 2.45) is 11.8 Å². The van der Waals surface area contributed by atoms with Crippen molar-refractivity contribution in [2.75, 3.05) is 26.2 Å². The number of nitrogens with zero attached hydrogens (tertiary/aromatic N) is 1. The lowest BCUT2D eigenvalue weighted by molar-refractivity contribution is -0.123. The average Bonchev–Trinajstić information content (AvgIpc) is 2.29. The van der Waals surface area contributed by atoms with Crippen molar-refractivity contribution < 1.29 is 9.90 Å². The molecule has 2 N–H and O–H groups in total. The third kappa shape index (κ3) is 5.36. The first-order valence-corrected chi connectivity index (χ1v) is 7.15. The lowest BCUT2D eigenvalue weighted by Gasteiger charge is -2.32. The largest absolute Gasteiger partial charge is 0.396 e. The van der Waals surface area contributed by atoms with Gasteiger partial charge in [0.1, 0.15) is 0 Å². The second-order valence-corrected chi connectivity index (χ2v) is 5.86. The Morgan fingerprint density at radius 2 is 2.17 bits per heavy atom. The first kappa shape index (κ1) is 15.4. The molecule has 0 radical (unpaired) electrons. The highest BCUT2D eigenvalue weighted by molar-refractivity contribution is 5.78. The highest BCUT2D eigenvalue weighted by Gasteiger charge is 2.21. The van der Waals surface area contributed by atoms with Crippen molar-refractivity contribution in [1.29, 1.82) is 0 Å². The molecule has 0 aliphatic carbocycles. The van der Waals surface area contributed by atoms with E-state index in [0.29, 0.717) is 18.4 Å². The third-order valence-electron chi connectivity index (χ3n) is 3.90. The molecule has 1 amide bonds. The number of aliphatic hydroxyl groups is 1. The van der Waals surface area contributed by atoms with Crippen LogP contribution in [0.2, 0.25) is 0 Å². The van der Waals surface area contributed by atoms with Crippen molar-refractivity contribution in [3.8, 4) is 0 Å². The Balaban J connectivity index is 2.30. The van der Waals surface area contributed by atoms with Gasteiger partial charge in [-0.15, -0.1) is 0 Å². The predicted molar refractivity (Wildman–Crippen MR) is 73.3 cm³/mol. The highest BCUT2D eigenvalue weighted by atomic mass is 16.3. The zero-order chi connectivity index (χ0) is 13.5. The minimum atomic E-state index is 0.126. The summed E-state index contributed by atoms with van der Waals surface area (Å²) in [6, 6.07) is 0.232. The number of amides is 1. The monoisotopic (exact) mass is 256 g/mol. The molecule has 0 aromatic rings. The molecular formula is C14H28N2O2. The van der Waals surface area contributed by atoms with Crippen LogP contribution in [0.4, 0.5) is 0 Å². The molecule has 1 saturated heterocycles. The van der Waals surface area contributed by atoms with Crippen LogP contribution in [-0.4, -0.2) is 48.2 Å². The molecule has 1 fully saturated rings. The number of piperidine rings is 1. The smallest absolute Gasteiger partial charge is 0.234 e. The lowest BCUT2D eigenvalue weighted by atomic mass is 9.95. The minimum absolute atomic E-state index is 0.126. The number of hydrogen-bond donors (Lipinski definition) is 2. The molecule has 0 spiro atoms. The van der Waals surface area contributed by atoms with Crippen LogP contribution in [0.5, 0.6) is 0 Å². The van der Waals surface area contributed by atoms with Crippen LogP contribution in [0, 0.1) is 11.8 Å². The zero-order valence-corrected chi connectivity index (χ0v) is 12.0. The summed E-state index contributed by atoms with van der Waals surface area (Å²) in [7, 11) is 0. The zero-order valence-electron chi connectivity index (χ0n) is 12.0. The summed E-state index contributed by atoms with van der Waals surface area (Å²) in [6.07, 6.45) is 3.18. The Hall–Kier alpha value is -0.610. The Morgan fingerprint density at radius 1 is 1.44 bits per heavy atom. The number of hydrogen-bond acceptors (Lipinski definition) is 3. The summed E-state index contributed by atoms with van der Waals surface area (Å²) < 4.78 is 0. The summed E-state index contributed by atoms with van der Waals surface area (Å²) in [6.45, 7) is 8.99. The molecule has 0 bridgehead atoms. The van der Waals surface area contributed by atoms with Gasteiger partial charge in [-0.3, -0.25) is 9.69 Å². The van der Waals surface area contributed by atoms with Crippen LogP contribution in [0.1, 0.15) is 40.0 Å². The van der Waals surface area contributed by atoms with Crippen molar-refractivity contribution in [3.63, 3.8) is 0 Å². The van der Waals surface area contributed by atoms with E-state index in [1.165, 1.54) is 6.42 Å². The molecular weight excluding hydrogens is 228 g/mol. The summed E-state index contributed by atoms with van der Waals surface area (Å²) in [5.41, 5.74) is 0. The van der Waals surface area contributed by atoms with Crippen molar-refractivity contribution in [1.82, 2.24) is 10.2 Å². The maximum Gasteiger partial charge on any atom is 0.234 e. The number of rotatable bonds is 6. The highest BCUT2D eigenvalue weighted by Crippen LogP contribution is 2.18. The second-order valence-electron chi connectivity index (χ2n) is 5.86. The molecule has 106 valence electrons. The van der Waals surface area contributed by atoms with Crippen LogP contribution in [0.3, 0.4) is 0 Å². The molecule has 1 aliphatic heterocycles. The van der Waals surface area contributed by atoms with E-state index in [4.69, 9.17) is 5.11 Å². The van der Waals surface area contributed by atoms with E-state index >= 15 is 0 Å². The molecule has 2 unspecified atom stereocenters. The van der Waals surface area contributed by atoms with E-state index in [-0.39, 0.29) is 18.6 Å². The second kappa shape index (κ2) is 7.74. The molecule has 2 atom stereocenters.